The minimum atomic E-state index is -0.443. The molecule has 4 rings (SSSR count). The van der Waals surface area contributed by atoms with Crippen molar-refractivity contribution in [1.82, 2.24) is 0 Å². The highest BCUT2D eigenvalue weighted by Crippen LogP contribution is 2.32. The molecule has 27 heavy (non-hydrogen) atoms. The lowest BCUT2D eigenvalue weighted by Gasteiger charge is -2.24. The average molecular weight is 374 g/mol. The Kier molecular flexibility index (Phi) is 5.40. The lowest BCUT2D eigenvalue weighted by molar-refractivity contribution is -0.178. The number of ketones is 1. The van der Waals surface area contributed by atoms with Crippen LogP contribution in [0.2, 0.25) is 0 Å². The van der Waals surface area contributed by atoms with Crippen LogP contribution in [0, 0.1) is 0 Å². The zero-order valence-electron chi connectivity index (χ0n) is 15.0. The molecule has 144 valence electrons. The standard InChI is InChI=1S/C20H22O7/c21-16-10-15(27-20-3-1-2-6-23-20)8-14(16)9-19(22)24-11-13-4-5-17-18(7-13)26-12-25-17/h4-5,7-8,15,20H,1-3,6,9-12H2/t15-,20?/m1/s1. The van der Waals surface area contributed by atoms with Crippen molar-refractivity contribution in [3.63, 3.8) is 0 Å². The summed E-state index contributed by atoms with van der Waals surface area (Å²) in [5.41, 5.74) is 1.25. The minimum Gasteiger partial charge on any atom is -0.461 e. The van der Waals surface area contributed by atoms with Gasteiger partial charge in [-0.2, -0.15) is 0 Å². The summed E-state index contributed by atoms with van der Waals surface area (Å²) in [4.78, 5) is 24.2. The van der Waals surface area contributed by atoms with Crippen LogP contribution in [0.5, 0.6) is 11.5 Å². The molecule has 2 atom stereocenters. The number of benzene rings is 1. The molecule has 7 nitrogen and oxygen atoms in total. The van der Waals surface area contributed by atoms with Crippen molar-refractivity contribution in [3.05, 3.63) is 35.4 Å². The molecule has 0 spiro atoms. The van der Waals surface area contributed by atoms with Crippen molar-refractivity contribution in [2.45, 2.75) is 51.1 Å². The third-order valence-corrected chi connectivity index (χ3v) is 4.77. The fourth-order valence-electron chi connectivity index (χ4n) is 3.35. The third-order valence-electron chi connectivity index (χ3n) is 4.77. The maximum Gasteiger partial charge on any atom is 0.310 e. The number of hydrogen-bond donors (Lipinski definition) is 0. The third kappa shape index (κ3) is 4.48. The maximum atomic E-state index is 12.1. The molecular formula is C20H22O7. The van der Waals surface area contributed by atoms with Gasteiger partial charge in [0.15, 0.2) is 23.6 Å². The Morgan fingerprint density at radius 1 is 1.19 bits per heavy atom. The summed E-state index contributed by atoms with van der Waals surface area (Å²) in [5.74, 6) is 0.805. The van der Waals surface area contributed by atoms with E-state index in [0.29, 0.717) is 23.7 Å². The highest BCUT2D eigenvalue weighted by molar-refractivity contribution is 6.01. The van der Waals surface area contributed by atoms with Gasteiger partial charge in [0.1, 0.15) is 6.61 Å². The van der Waals surface area contributed by atoms with Crippen LogP contribution in [0.15, 0.2) is 29.8 Å². The summed E-state index contributed by atoms with van der Waals surface area (Å²) < 4.78 is 27.2. The Labute approximate surface area is 157 Å². The number of esters is 1. The van der Waals surface area contributed by atoms with Crippen molar-refractivity contribution >= 4 is 11.8 Å². The molecule has 0 bridgehead atoms. The summed E-state index contributed by atoms with van der Waals surface area (Å²) in [6.07, 6.45) is 4.29. The highest BCUT2D eigenvalue weighted by atomic mass is 16.7. The second kappa shape index (κ2) is 8.10. The van der Waals surface area contributed by atoms with E-state index in [9.17, 15) is 9.59 Å². The van der Waals surface area contributed by atoms with Gasteiger partial charge in [-0.05, 0) is 43.0 Å². The van der Waals surface area contributed by atoms with Crippen molar-refractivity contribution in [1.29, 1.82) is 0 Å². The van der Waals surface area contributed by atoms with Gasteiger partial charge < -0.3 is 23.7 Å². The lowest BCUT2D eigenvalue weighted by Crippen LogP contribution is -2.26. The molecule has 2 aliphatic heterocycles. The second-order valence-electron chi connectivity index (χ2n) is 6.81. The predicted octanol–water partition coefficient (Wildman–Crippen LogP) is 2.66. The van der Waals surface area contributed by atoms with Crippen LogP contribution >= 0.6 is 0 Å². The quantitative estimate of drug-likeness (QED) is 0.708. The predicted molar refractivity (Wildman–Crippen MR) is 93.1 cm³/mol. The van der Waals surface area contributed by atoms with Gasteiger partial charge in [-0.3, -0.25) is 9.59 Å². The maximum absolute atomic E-state index is 12.1. The smallest absolute Gasteiger partial charge is 0.310 e. The van der Waals surface area contributed by atoms with Crippen molar-refractivity contribution in [2.75, 3.05) is 13.4 Å². The van der Waals surface area contributed by atoms with Crippen molar-refractivity contribution < 1.29 is 33.3 Å². The Balaban J connectivity index is 1.27. The Bertz CT molecular complexity index is 749. The van der Waals surface area contributed by atoms with E-state index in [4.69, 9.17) is 23.7 Å². The molecule has 2 heterocycles. The van der Waals surface area contributed by atoms with E-state index in [1.165, 1.54) is 0 Å². The molecule has 3 aliphatic rings. The van der Waals surface area contributed by atoms with Gasteiger partial charge in [-0.1, -0.05) is 6.07 Å². The number of rotatable bonds is 6. The lowest BCUT2D eigenvalue weighted by atomic mass is 10.1. The summed E-state index contributed by atoms with van der Waals surface area (Å²) in [7, 11) is 0. The molecule has 0 aromatic heterocycles. The summed E-state index contributed by atoms with van der Waals surface area (Å²) in [6.45, 7) is 1.00. The number of ether oxygens (including phenoxy) is 5. The number of hydrogen-bond acceptors (Lipinski definition) is 7. The molecule has 1 aliphatic carbocycles. The molecular weight excluding hydrogens is 352 g/mol. The first-order chi connectivity index (χ1) is 13.2. The van der Waals surface area contributed by atoms with Crippen molar-refractivity contribution in [2.24, 2.45) is 0 Å². The number of fused-ring (bicyclic) bond motifs is 1. The molecule has 0 radical (unpaired) electrons. The van der Waals surface area contributed by atoms with Crippen LogP contribution < -0.4 is 9.47 Å². The monoisotopic (exact) mass is 374 g/mol. The van der Waals surface area contributed by atoms with E-state index in [-0.39, 0.29) is 44.4 Å². The Morgan fingerprint density at radius 2 is 2.07 bits per heavy atom. The molecule has 1 unspecified atom stereocenters. The number of Topliss-reactive ketones (excluding diaryl/α,β-unsaturated/α-hetero) is 1. The summed E-state index contributed by atoms with van der Waals surface area (Å²) in [5, 5.41) is 0. The molecule has 1 aromatic carbocycles. The zero-order chi connectivity index (χ0) is 18.6. The van der Waals surface area contributed by atoms with E-state index in [2.05, 4.69) is 0 Å². The molecule has 0 N–H and O–H groups in total. The van der Waals surface area contributed by atoms with Crippen LogP contribution in [0.25, 0.3) is 0 Å². The molecule has 0 amide bonds. The SMILES string of the molecule is O=C(CC1=C[C@@H](OC2CCCCO2)CC1=O)OCc1ccc2c(c1)OCO2. The fourth-order valence-corrected chi connectivity index (χ4v) is 3.35. The first kappa shape index (κ1) is 18.0. The van der Waals surface area contributed by atoms with Crippen LogP contribution in [0.4, 0.5) is 0 Å². The van der Waals surface area contributed by atoms with Gasteiger partial charge in [0.05, 0.1) is 12.5 Å². The topological polar surface area (TPSA) is 80.3 Å². The van der Waals surface area contributed by atoms with Crippen LogP contribution in [-0.2, 0) is 30.4 Å². The van der Waals surface area contributed by atoms with Gasteiger partial charge in [0, 0.05) is 18.6 Å². The van der Waals surface area contributed by atoms with E-state index in [1.54, 1.807) is 18.2 Å². The largest absolute Gasteiger partial charge is 0.461 e. The Hall–Kier alpha value is -2.38. The van der Waals surface area contributed by atoms with Crippen LogP contribution in [0.1, 0.15) is 37.7 Å². The molecule has 0 saturated carbocycles. The van der Waals surface area contributed by atoms with Gasteiger partial charge in [0.25, 0.3) is 0 Å². The average Bonchev–Trinajstić information content (AvgIpc) is 3.27. The number of carbonyl (C=O) groups excluding carboxylic acids is 2. The summed E-state index contributed by atoms with van der Waals surface area (Å²) in [6, 6.07) is 5.38. The fraction of sp³-hybridized carbons (Fsp3) is 0.500. The van der Waals surface area contributed by atoms with E-state index in [0.717, 1.165) is 24.8 Å². The van der Waals surface area contributed by atoms with E-state index < -0.39 is 5.97 Å². The van der Waals surface area contributed by atoms with Gasteiger partial charge in [0.2, 0.25) is 6.79 Å². The summed E-state index contributed by atoms with van der Waals surface area (Å²) >= 11 is 0. The van der Waals surface area contributed by atoms with Crippen molar-refractivity contribution in [3.8, 4) is 11.5 Å². The number of carbonyl (C=O) groups is 2. The van der Waals surface area contributed by atoms with Crippen LogP contribution in [0.3, 0.4) is 0 Å². The first-order valence-electron chi connectivity index (χ1n) is 9.22. The Morgan fingerprint density at radius 3 is 2.93 bits per heavy atom. The molecule has 7 heteroatoms. The molecule has 1 fully saturated rings. The highest BCUT2D eigenvalue weighted by Gasteiger charge is 2.29. The van der Waals surface area contributed by atoms with E-state index in [1.807, 2.05) is 6.07 Å². The minimum absolute atomic E-state index is 0.0469. The first-order valence-corrected chi connectivity index (χ1v) is 9.22. The normalized spacial score (nSPS) is 24.0. The van der Waals surface area contributed by atoms with Gasteiger partial charge in [-0.25, -0.2) is 0 Å². The molecule has 1 saturated heterocycles. The van der Waals surface area contributed by atoms with E-state index >= 15 is 0 Å². The van der Waals surface area contributed by atoms with Gasteiger partial charge in [-0.15, -0.1) is 0 Å². The second-order valence-corrected chi connectivity index (χ2v) is 6.81. The van der Waals surface area contributed by atoms with Crippen LogP contribution in [-0.4, -0.2) is 37.5 Å². The molecule has 1 aromatic rings. The zero-order valence-corrected chi connectivity index (χ0v) is 15.0. The van der Waals surface area contributed by atoms with Gasteiger partial charge >= 0.3 is 5.97 Å².